The van der Waals surface area contributed by atoms with Crippen molar-refractivity contribution >= 4 is 11.9 Å². The summed E-state index contributed by atoms with van der Waals surface area (Å²) in [6, 6.07) is 8.63. The van der Waals surface area contributed by atoms with E-state index < -0.39 is 18.2 Å². The van der Waals surface area contributed by atoms with Crippen LogP contribution in [0.4, 0.5) is 0 Å². The summed E-state index contributed by atoms with van der Waals surface area (Å²) in [5, 5.41) is 10.0. The van der Waals surface area contributed by atoms with E-state index in [0.717, 1.165) is 5.56 Å². The van der Waals surface area contributed by atoms with E-state index in [1.165, 1.54) is 12.0 Å². The molecule has 1 aliphatic heterocycles. The number of carbonyl (C=O) groups excluding carboxylic acids is 2. The summed E-state index contributed by atoms with van der Waals surface area (Å²) in [7, 11) is 1.29. The average Bonchev–Trinajstić information content (AvgIpc) is 2.46. The number of methoxy groups -OCH3 is 1. The fourth-order valence-corrected chi connectivity index (χ4v) is 2.52. The van der Waals surface area contributed by atoms with Crippen molar-refractivity contribution in [1.29, 1.82) is 0 Å². The van der Waals surface area contributed by atoms with Crippen molar-refractivity contribution in [3.05, 3.63) is 35.9 Å². The minimum Gasteiger partial charge on any atom is -0.467 e. The number of aliphatic hydroxyl groups is 1. The van der Waals surface area contributed by atoms with Crippen LogP contribution in [0.1, 0.15) is 24.8 Å². The van der Waals surface area contributed by atoms with Crippen LogP contribution in [-0.2, 0) is 20.7 Å². The van der Waals surface area contributed by atoms with E-state index in [1.807, 2.05) is 30.3 Å². The van der Waals surface area contributed by atoms with Crippen LogP contribution >= 0.6 is 0 Å². The highest BCUT2D eigenvalue weighted by Gasteiger charge is 2.37. The molecule has 1 fully saturated rings. The molecule has 1 aromatic rings. The fourth-order valence-electron chi connectivity index (χ4n) is 2.52. The summed E-state index contributed by atoms with van der Waals surface area (Å²) in [6.07, 6.45) is 0.934. The monoisotopic (exact) mass is 277 g/mol. The first-order valence-electron chi connectivity index (χ1n) is 6.74. The lowest BCUT2D eigenvalue weighted by Gasteiger charge is -2.37. The highest BCUT2D eigenvalue weighted by Crippen LogP contribution is 2.22. The molecule has 1 saturated heterocycles. The zero-order chi connectivity index (χ0) is 14.5. The molecule has 1 amide bonds. The average molecular weight is 277 g/mol. The number of hydrogen-bond acceptors (Lipinski definition) is 4. The molecule has 0 aliphatic carbocycles. The number of esters is 1. The Hall–Kier alpha value is -1.88. The second kappa shape index (κ2) is 6.52. The van der Waals surface area contributed by atoms with E-state index >= 15 is 0 Å². The van der Waals surface area contributed by atoms with Crippen LogP contribution in [0.2, 0.25) is 0 Å². The number of aliphatic hydroxyl groups excluding tert-OH is 1. The molecule has 1 aliphatic rings. The third kappa shape index (κ3) is 3.17. The Morgan fingerprint density at radius 2 is 2.15 bits per heavy atom. The van der Waals surface area contributed by atoms with E-state index in [1.54, 1.807) is 0 Å². The molecule has 0 aromatic heterocycles. The summed E-state index contributed by atoms with van der Waals surface area (Å²) in [6.45, 7) is 0. The molecule has 2 rings (SSSR count). The summed E-state index contributed by atoms with van der Waals surface area (Å²) in [5.41, 5.74) is 0.925. The van der Waals surface area contributed by atoms with E-state index in [2.05, 4.69) is 0 Å². The first-order chi connectivity index (χ1) is 9.63. The van der Waals surface area contributed by atoms with Crippen molar-refractivity contribution in [3.63, 3.8) is 0 Å². The molecule has 1 heterocycles. The number of benzene rings is 1. The van der Waals surface area contributed by atoms with E-state index in [4.69, 9.17) is 4.74 Å². The van der Waals surface area contributed by atoms with Crippen molar-refractivity contribution in [2.75, 3.05) is 7.11 Å². The van der Waals surface area contributed by atoms with Gasteiger partial charge in [0.1, 0.15) is 12.3 Å². The molecule has 0 radical (unpaired) electrons. The summed E-state index contributed by atoms with van der Waals surface area (Å²) < 4.78 is 4.79. The summed E-state index contributed by atoms with van der Waals surface area (Å²) in [4.78, 5) is 25.3. The van der Waals surface area contributed by atoms with Crippen molar-refractivity contribution in [2.24, 2.45) is 0 Å². The van der Waals surface area contributed by atoms with Gasteiger partial charge in [0.15, 0.2) is 0 Å². The van der Waals surface area contributed by atoms with Crippen LogP contribution in [0.25, 0.3) is 0 Å². The van der Waals surface area contributed by atoms with Gasteiger partial charge in [0.2, 0.25) is 5.91 Å². The van der Waals surface area contributed by atoms with Gasteiger partial charge in [0.05, 0.1) is 7.11 Å². The Balaban J connectivity index is 2.22. The topological polar surface area (TPSA) is 66.8 Å². The van der Waals surface area contributed by atoms with Gasteiger partial charge in [-0.3, -0.25) is 4.79 Å². The Kier molecular flexibility index (Phi) is 4.74. The molecule has 1 N–H and O–H groups in total. The molecule has 5 nitrogen and oxygen atoms in total. The zero-order valence-electron chi connectivity index (χ0n) is 11.5. The van der Waals surface area contributed by atoms with Gasteiger partial charge < -0.3 is 14.7 Å². The van der Waals surface area contributed by atoms with Gasteiger partial charge in [-0.25, -0.2) is 4.79 Å². The first kappa shape index (κ1) is 14.5. The number of ether oxygens (including phenoxy) is 1. The lowest BCUT2D eigenvalue weighted by molar-refractivity contribution is -0.166. The van der Waals surface area contributed by atoms with Crippen molar-refractivity contribution < 1.29 is 19.4 Å². The second-order valence-electron chi connectivity index (χ2n) is 4.90. The van der Waals surface area contributed by atoms with Gasteiger partial charge >= 0.3 is 5.97 Å². The SMILES string of the molecule is COC(=O)[C@H](Cc1ccccc1)N1C(=O)CCCC1O. The Bertz CT molecular complexity index is 474. The number of rotatable bonds is 4. The number of likely N-dealkylation sites (tertiary alicyclic amines) is 1. The number of piperidine rings is 1. The Morgan fingerprint density at radius 1 is 1.45 bits per heavy atom. The lowest BCUT2D eigenvalue weighted by Crippen LogP contribution is -2.54. The summed E-state index contributed by atoms with van der Waals surface area (Å²) in [5.74, 6) is -0.696. The number of nitrogens with zero attached hydrogens (tertiary/aromatic N) is 1. The molecular weight excluding hydrogens is 258 g/mol. The van der Waals surface area contributed by atoms with Gasteiger partial charge in [0, 0.05) is 12.8 Å². The van der Waals surface area contributed by atoms with Crippen LogP contribution in [0.3, 0.4) is 0 Å². The minimum absolute atomic E-state index is 0.199. The molecule has 20 heavy (non-hydrogen) atoms. The highest BCUT2D eigenvalue weighted by atomic mass is 16.5. The van der Waals surface area contributed by atoms with Crippen LogP contribution in [0.15, 0.2) is 30.3 Å². The van der Waals surface area contributed by atoms with Gasteiger partial charge in [-0.2, -0.15) is 0 Å². The van der Waals surface area contributed by atoms with Crippen molar-refractivity contribution in [1.82, 2.24) is 4.90 Å². The molecule has 0 bridgehead atoms. The molecule has 108 valence electrons. The van der Waals surface area contributed by atoms with Gasteiger partial charge in [-0.15, -0.1) is 0 Å². The smallest absolute Gasteiger partial charge is 0.329 e. The van der Waals surface area contributed by atoms with Crippen LogP contribution in [0.5, 0.6) is 0 Å². The Morgan fingerprint density at radius 3 is 2.75 bits per heavy atom. The third-order valence-corrected chi connectivity index (χ3v) is 3.54. The van der Waals surface area contributed by atoms with Gasteiger partial charge in [-0.05, 0) is 18.4 Å². The maximum atomic E-state index is 12.0. The largest absolute Gasteiger partial charge is 0.467 e. The normalized spacial score (nSPS) is 20.6. The molecule has 1 unspecified atom stereocenters. The minimum atomic E-state index is -0.913. The van der Waals surface area contributed by atoms with E-state index in [0.29, 0.717) is 25.7 Å². The fraction of sp³-hybridized carbons (Fsp3) is 0.467. The zero-order valence-corrected chi connectivity index (χ0v) is 11.5. The van der Waals surface area contributed by atoms with E-state index in [9.17, 15) is 14.7 Å². The molecule has 5 heteroatoms. The molecule has 2 atom stereocenters. The van der Waals surface area contributed by atoms with Gasteiger partial charge in [-0.1, -0.05) is 30.3 Å². The quantitative estimate of drug-likeness (QED) is 0.837. The maximum absolute atomic E-state index is 12.0. The highest BCUT2D eigenvalue weighted by molar-refractivity contribution is 5.85. The lowest BCUT2D eigenvalue weighted by atomic mass is 10.00. The number of carbonyl (C=O) groups is 2. The van der Waals surface area contributed by atoms with Crippen LogP contribution < -0.4 is 0 Å². The molecule has 0 saturated carbocycles. The number of amides is 1. The number of hydrogen-bond donors (Lipinski definition) is 1. The predicted octanol–water partition coefficient (Wildman–Crippen LogP) is 1.10. The second-order valence-corrected chi connectivity index (χ2v) is 4.90. The van der Waals surface area contributed by atoms with Crippen LogP contribution in [0, 0.1) is 0 Å². The first-order valence-corrected chi connectivity index (χ1v) is 6.74. The van der Waals surface area contributed by atoms with Crippen molar-refractivity contribution in [2.45, 2.75) is 38.0 Å². The molecule has 0 spiro atoms. The van der Waals surface area contributed by atoms with E-state index in [-0.39, 0.29) is 5.91 Å². The predicted molar refractivity (Wildman–Crippen MR) is 72.7 cm³/mol. The summed E-state index contributed by atoms with van der Waals surface area (Å²) >= 11 is 0. The third-order valence-electron chi connectivity index (χ3n) is 3.54. The molecular formula is C15H19NO4. The van der Waals surface area contributed by atoms with Crippen molar-refractivity contribution in [3.8, 4) is 0 Å². The standard InChI is InChI=1S/C15H19NO4/c1-20-15(19)12(10-11-6-3-2-4-7-11)16-13(17)8-5-9-14(16)18/h2-4,6-7,12-13,17H,5,8-10H2,1H3/t12-,13?/m0/s1. The van der Waals surface area contributed by atoms with Gasteiger partial charge in [0.25, 0.3) is 0 Å². The van der Waals surface area contributed by atoms with Crippen LogP contribution in [-0.4, -0.2) is 41.3 Å². The molecule has 1 aromatic carbocycles. The Labute approximate surface area is 118 Å². The maximum Gasteiger partial charge on any atom is 0.329 e.